The molecule has 0 radical (unpaired) electrons. The van der Waals surface area contributed by atoms with Gasteiger partial charge in [-0.2, -0.15) is 0 Å². The van der Waals surface area contributed by atoms with Crippen LogP contribution in [0.3, 0.4) is 0 Å². The highest BCUT2D eigenvalue weighted by Crippen LogP contribution is 2.23. The third-order valence-electron chi connectivity index (χ3n) is 5.70. The molecule has 0 unspecified atom stereocenters. The number of H-pyrrole nitrogens is 1. The van der Waals surface area contributed by atoms with Crippen LogP contribution >= 0.6 is 0 Å². The van der Waals surface area contributed by atoms with Crippen molar-refractivity contribution >= 4 is 22.6 Å². The molecule has 2 N–H and O–H groups in total. The van der Waals surface area contributed by atoms with Crippen molar-refractivity contribution in [1.82, 2.24) is 25.2 Å². The first-order chi connectivity index (χ1) is 14.9. The lowest BCUT2D eigenvalue weighted by molar-refractivity contribution is 0.0958. The maximum atomic E-state index is 15.0. The molecule has 2 aromatic heterocycles. The Morgan fingerprint density at radius 1 is 1.29 bits per heavy atom. The normalized spacial score (nSPS) is 17.2. The Labute approximate surface area is 179 Å². The van der Waals surface area contributed by atoms with Crippen LogP contribution < -0.4 is 15.8 Å². The summed E-state index contributed by atoms with van der Waals surface area (Å²) in [7, 11) is 1.58. The van der Waals surface area contributed by atoms with Gasteiger partial charge in [0.05, 0.1) is 17.4 Å². The number of halogens is 1. The summed E-state index contributed by atoms with van der Waals surface area (Å²) in [5.74, 6) is -0.639. The van der Waals surface area contributed by atoms with E-state index >= 15 is 4.39 Å². The van der Waals surface area contributed by atoms with Gasteiger partial charge in [-0.15, -0.1) is 0 Å². The van der Waals surface area contributed by atoms with E-state index in [4.69, 9.17) is 0 Å². The Morgan fingerprint density at radius 2 is 2.10 bits per heavy atom. The van der Waals surface area contributed by atoms with Crippen molar-refractivity contribution in [1.29, 1.82) is 0 Å². The molecule has 0 aliphatic carbocycles. The summed E-state index contributed by atoms with van der Waals surface area (Å²) in [6.07, 6.45) is 1.71. The van der Waals surface area contributed by atoms with Crippen LogP contribution in [-0.2, 0) is 6.54 Å². The average molecular weight is 424 g/mol. The lowest BCUT2D eigenvalue weighted by Crippen LogP contribution is -2.51. The number of anilines is 1. The van der Waals surface area contributed by atoms with Crippen molar-refractivity contribution in [2.45, 2.75) is 26.4 Å². The second-order valence-corrected chi connectivity index (χ2v) is 7.84. The summed E-state index contributed by atoms with van der Waals surface area (Å²) in [5, 5.41) is 2.56. The van der Waals surface area contributed by atoms with Crippen molar-refractivity contribution in [3.63, 3.8) is 0 Å². The van der Waals surface area contributed by atoms with Crippen molar-refractivity contribution in [2.75, 3.05) is 31.6 Å². The van der Waals surface area contributed by atoms with Gasteiger partial charge in [0.1, 0.15) is 16.9 Å². The topological polar surface area (TPSA) is 94.2 Å². The highest BCUT2D eigenvalue weighted by Gasteiger charge is 2.25. The molecule has 1 aliphatic heterocycles. The maximum Gasteiger partial charge on any atom is 0.269 e. The van der Waals surface area contributed by atoms with Crippen LogP contribution in [0.2, 0.25) is 0 Å². The highest BCUT2D eigenvalue weighted by molar-refractivity contribution is 5.92. The number of aromatic amines is 1. The molecule has 3 aromatic rings. The first-order valence-corrected chi connectivity index (χ1v) is 10.2. The molecule has 0 spiro atoms. The number of amides is 1. The number of pyridine rings is 1. The average Bonchev–Trinajstić information content (AvgIpc) is 2.77. The Balaban J connectivity index is 1.47. The minimum atomic E-state index is -0.425. The summed E-state index contributed by atoms with van der Waals surface area (Å²) in [6.45, 7) is 6.42. The van der Waals surface area contributed by atoms with Crippen molar-refractivity contribution < 1.29 is 9.18 Å². The Hall–Kier alpha value is -3.33. The monoisotopic (exact) mass is 424 g/mol. The van der Waals surface area contributed by atoms with Crippen LogP contribution in [0.1, 0.15) is 28.7 Å². The number of hydrogen-bond acceptors (Lipinski definition) is 6. The van der Waals surface area contributed by atoms with Crippen LogP contribution in [0.15, 0.2) is 35.3 Å². The quantitative estimate of drug-likeness (QED) is 0.664. The zero-order chi connectivity index (χ0) is 22.1. The molecular weight excluding hydrogens is 399 g/mol. The van der Waals surface area contributed by atoms with Gasteiger partial charge >= 0.3 is 0 Å². The molecule has 3 heterocycles. The highest BCUT2D eigenvalue weighted by atomic mass is 19.1. The van der Waals surface area contributed by atoms with E-state index in [2.05, 4.69) is 37.0 Å². The predicted molar refractivity (Wildman–Crippen MR) is 117 cm³/mol. The zero-order valence-corrected chi connectivity index (χ0v) is 17.8. The first kappa shape index (κ1) is 20.9. The van der Waals surface area contributed by atoms with Crippen LogP contribution in [-0.4, -0.2) is 58.5 Å². The number of aryl methyl sites for hydroxylation is 1. The van der Waals surface area contributed by atoms with Gasteiger partial charge in [-0.25, -0.2) is 14.4 Å². The fourth-order valence-corrected chi connectivity index (χ4v) is 4.00. The molecule has 1 atom stereocenters. The number of hydrogen-bond donors (Lipinski definition) is 2. The number of rotatable bonds is 4. The molecule has 4 rings (SSSR count). The summed E-state index contributed by atoms with van der Waals surface area (Å²) < 4.78 is 15.0. The van der Waals surface area contributed by atoms with Gasteiger partial charge in [-0.3, -0.25) is 14.5 Å². The van der Waals surface area contributed by atoms with Gasteiger partial charge in [-0.1, -0.05) is 6.07 Å². The molecule has 8 nitrogen and oxygen atoms in total. The van der Waals surface area contributed by atoms with Crippen molar-refractivity contribution in [3.8, 4) is 0 Å². The van der Waals surface area contributed by atoms with E-state index < -0.39 is 5.82 Å². The SMILES string of the molecule is CNC(=O)c1ccc(N2CCN(Cc3ccc4nc(C)c(=O)[nH]c4c3F)C[C@H]2C)cn1. The van der Waals surface area contributed by atoms with Crippen molar-refractivity contribution in [2.24, 2.45) is 0 Å². The number of benzene rings is 1. The molecule has 9 heteroatoms. The van der Waals surface area contributed by atoms with Crippen LogP contribution in [0, 0.1) is 12.7 Å². The number of nitrogens with one attached hydrogen (secondary N) is 2. The smallest absolute Gasteiger partial charge is 0.269 e. The van der Waals surface area contributed by atoms with Crippen LogP contribution in [0.25, 0.3) is 11.0 Å². The molecule has 1 fully saturated rings. The lowest BCUT2D eigenvalue weighted by atomic mass is 10.1. The van der Waals surface area contributed by atoms with E-state index in [1.807, 2.05) is 6.07 Å². The van der Waals surface area contributed by atoms with E-state index in [9.17, 15) is 9.59 Å². The Morgan fingerprint density at radius 3 is 2.77 bits per heavy atom. The van der Waals surface area contributed by atoms with E-state index in [-0.39, 0.29) is 23.0 Å². The largest absolute Gasteiger partial charge is 0.365 e. The molecule has 0 saturated carbocycles. The Bertz CT molecular complexity index is 1180. The van der Waals surface area contributed by atoms with Gasteiger partial charge in [0.15, 0.2) is 5.82 Å². The Kier molecular flexibility index (Phi) is 5.69. The van der Waals surface area contributed by atoms with Crippen LogP contribution in [0.4, 0.5) is 10.1 Å². The number of carbonyl (C=O) groups is 1. The molecular formula is C22H25FN6O2. The van der Waals surface area contributed by atoms with E-state index in [0.717, 1.165) is 25.3 Å². The first-order valence-electron chi connectivity index (χ1n) is 10.2. The summed E-state index contributed by atoms with van der Waals surface area (Å²) in [6, 6.07) is 7.29. The number of fused-ring (bicyclic) bond motifs is 1. The lowest BCUT2D eigenvalue weighted by Gasteiger charge is -2.41. The maximum absolute atomic E-state index is 15.0. The van der Waals surface area contributed by atoms with Crippen LogP contribution in [0.5, 0.6) is 0 Å². The van der Waals surface area contributed by atoms with Gasteiger partial charge < -0.3 is 15.2 Å². The summed E-state index contributed by atoms with van der Waals surface area (Å²) >= 11 is 0. The second kappa shape index (κ2) is 8.43. The minimum absolute atomic E-state index is 0.155. The number of nitrogens with zero attached hydrogens (tertiary/aromatic N) is 4. The molecule has 0 bridgehead atoms. The zero-order valence-electron chi connectivity index (χ0n) is 17.8. The second-order valence-electron chi connectivity index (χ2n) is 7.84. The number of aromatic nitrogens is 3. The van der Waals surface area contributed by atoms with Gasteiger partial charge in [-0.05, 0) is 32.0 Å². The third-order valence-corrected chi connectivity index (χ3v) is 5.70. The van der Waals surface area contributed by atoms with Crippen molar-refractivity contribution in [3.05, 3.63) is 63.6 Å². The fraction of sp³-hybridized carbons (Fsp3) is 0.364. The third kappa shape index (κ3) is 4.13. The fourth-order valence-electron chi connectivity index (χ4n) is 4.00. The molecule has 1 aliphatic rings. The van der Waals surface area contributed by atoms with E-state index in [1.165, 1.54) is 0 Å². The number of carbonyl (C=O) groups excluding carboxylic acids is 1. The van der Waals surface area contributed by atoms with E-state index in [0.29, 0.717) is 29.0 Å². The summed E-state index contributed by atoms with van der Waals surface area (Å²) in [4.78, 5) is 39.0. The number of piperazine rings is 1. The molecule has 31 heavy (non-hydrogen) atoms. The predicted octanol–water partition coefficient (Wildman–Crippen LogP) is 1.84. The van der Waals surface area contributed by atoms with Gasteiger partial charge in [0.2, 0.25) is 0 Å². The van der Waals surface area contributed by atoms with Gasteiger partial charge in [0, 0.05) is 44.8 Å². The minimum Gasteiger partial charge on any atom is -0.365 e. The summed E-state index contributed by atoms with van der Waals surface area (Å²) in [5.41, 5.74) is 2.42. The standard InChI is InChI=1S/C22H25FN6O2/c1-13-11-28(8-9-29(13)16-5-7-18(25-10-16)22(31)24-3)12-15-4-6-17-20(19(15)23)27-21(30)14(2)26-17/h4-7,10,13H,8-9,11-12H2,1-3H3,(H,24,31)(H,27,30)/t13-/m1/s1. The molecule has 162 valence electrons. The van der Waals surface area contributed by atoms with E-state index in [1.54, 1.807) is 38.4 Å². The molecule has 1 aromatic carbocycles. The molecule has 1 amide bonds. The van der Waals surface area contributed by atoms with Gasteiger partial charge in [0.25, 0.3) is 11.5 Å². The molecule has 1 saturated heterocycles.